The van der Waals surface area contributed by atoms with Gasteiger partial charge in [-0.3, -0.25) is 4.79 Å². The minimum Gasteiger partial charge on any atom is -0.481 e. The number of esters is 1. The molecule has 4 aliphatic rings. The molecule has 0 heterocycles. The zero-order chi connectivity index (χ0) is 25.4. The second kappa shape index (κ2) is 10.4. The maximum atomic E-state index is 12.1. The molecule has 0 bridgehead atoms. The first-order valence-electron chi connectivity index (χ1n) is 13.8. The lowest BCUT2D eigenvalue weighted by molar-refractivity contribution is -0.168. The second-order valence-electron chi connectivity index (χ2n) is 12.6. The molecular formula is C28H44O7. The Kier molecular flexibility index (Phi) is 7.85. The lowest BCUT2D eigenvalue weighted by Crippen LogP contribution is -2.54. The van der Waals surface area contributed by atoms with E-state index in [-0.39, 0.29) is 19.1 Å². The van der Waals surface area contributed by atoms with Gasteiger partial charge < -0.3 is 19.7 Å². The van der Waals surface area contributed by atoms with Crippen molar-refractivity contribution in [3.63, 3.8) is 0 Å². The average Bonchev–Trinajstić information content (AvgIpc) is 3.14. The fourth-order valence-electron chi connectivity index (χ4n) is 9.29. The molecule has 0 aromatic heterocycles. The largest absolute Gasteiger partial charge is 0.481 e. The summed E-state index contributed by atoms with van der Waals surface area (Å²) in [5.74, 6) is 1.67. The van der Waals surface area contributed by atoms with Crippen LogP contribution in [0.5, 0.6) is 0 Å². The first-order chi connectivity index (χ1) is 16.5. The van der Waals surface area contributed by atoms with E-state index < -0.39 is 24.5 Å². The molecule has 0 saturated heterocycles. The van der Waals surface area contributed by atoms with E-state index in [4.69, 9.17) is 19.7 Å². The van der Waals surface area contributed by atoms with Crippen molar-refractivity contribution in [2.75, 3.05) is 13.2 Å². The van der Waals surface area contributed by atoms with Crippen LogP contribution in [0.4, 0.5) is 0 Å². The van der Waals surface area contributed by atoms with E-state index in [1.807, 2.05) is 0 Å². The molecule has 0 aliphatic heterocycles. The monoisotopic (exact) mass is 492 g/mol. The zero-order valence-corrected chi connectivity index (χ0v) is 21.7. The summed E-state index contributed by atoms with van der Waals surface area (Å²) in [7, 11) is 0. The zero-order valence-electron chi connectivity index (χ0n) is 21.7. The minimum atomic E-state index is -1.09. The standard InChI is InChI=1S/C28H44O7/c1-17(4-9-24(29)30)21-7-8-22-20-6-5-18-14-19(35-26(33)16-34-15-25(31)32)10-12-27(18,2)23(20)11-13-28(21,22)3/h17-23H,4-16H2,1-3H3,(H,29,30)(H,31,32)/t17-,18-,19-,20+,21-,22+,23+,27+,28-/m1/s1. The number of hydrogen-bond acceptors (Lipinski definition) is 5. The maximum absolute atomic E-state index is 12.1. The Bertz CT molecular complexity index is 811. The Labute approximate surface area is 209 Å². The van der Waals surface area contributed by atoms with E-state index >= 15 is 0 Å². The van der Waals surface area contributed by atoms with Crippen LogP contribution in [0.1, 0.15) is 91.4 Å². The van der Waals surface area contributed by atoms with E-state index in [2.05, 4.69) is 20.8 Å². The molecule has 9 atom stereocenters. The van der Waals surface area contributed by atoms with Crippen molar-refractivity contribution < 1.29 is 34.1 Å². The predicted molar refractivity (Wildman–Crippen MR) is 130 cm³/mol. The van der Waals surface area contributed by atoms with Crippen molar-refractivity contribution >= 4 is 17.9 Å². The fourth-order valence-corrected chi connectivity index (χ4v) is 9.29. The van der Waals surface area contributed by atoms with Crippen LogP contribution >= 0.6 is 0 Å². The van der Waals surface area contributed by atoms with E-state index in [1.165, 1.54) is 38.5 Å². The van der Waals surface area contributed by atoms with Crippen molar-refractivity contribution in [3.8, 4) is 0 Å². The number of carboxylic acids is 2. The Morgan fingerprint density at radius 2 is 1.60 bits per heavy atom. The van der Waals surface area contributed by atoms with Gasteiger partial charge in [0.1, 0.15) is 19.3 Å². The summed E-state index contributed by atoms with van der Waals surface area (Å²) in [4.78, 5) is 33.8. The summed E-state index contributed by atoms with van der Waals surface area (Å²) >= 11 is 0. The molecule has 198 valence electrons. The second-order valence-corrected chi connectivity index (χ2v) is 12.6. The van der Waals surface area contributed by atoms with E-state index in [9.17, 15) is 14.4 Å². The van der Waals surface area contributed by atoms with Crippen LogP contribution in [0.25, 0.3) is 0 Å². The summed E-state index contributed by atoms with van der Waals surface area (Å²) in [6, 6.07) is 0. The van der Waals surface area contributed by atoms with Gasteiger partial charge >= 0.3 is 17.9 Å². The SMILES string of the molecule is C[C@H](CCC(=O)O)[C@H]1CC[C@H]2[C@@H]3CC[C@@H]4C[C@H](OC(=O)COCC(=O)O)CC[C@]4(C)[C@H]3CC[C@]12C. The smallest absolute Gasteiger partial charge is 0.332 e. The van der Waals surface area contributed by atoms with Crippen LogP contribution in [0, 0.1) is 46.3 Å². The average molecular weight is 493 g/mol. The van der Waals surface area contributed by atoms with Crippen molar-refractivity contribution in [1.29, 1.82) is 0 Å². The first kappa shape index (κ1) is 26.4. The summed E-state index contributed by atoms with van der Waals surface area (Å²) in [5.41, 5.74) is 0.630. The van der Waals surface area contributed by atoms with Crippen molar-refractivity contribution in [3.05, 3.63) is 0 Å². The van der Waals surface area contributed by atoms with Crippen molar-refractivity contribution in [1.82, 2.24) is 0 Å². The molecule has 4 aliphatic carbocycles. The van der Waals surface area contributed by atoms with Crippen LogP contribution in [-0.4, -0.2) is 47.4 Å². The van der Waals surface area contributed by atoms with Gasteiger partial charge in [-0.25, -0.2) is 9.59 Å². The quantitative estimate of drug-likeness (QED) is 0.428. The third-order valence-corrected chi connectivity index (χ3v) is 10.9. The van der Waals surface area contributed by atoms with Gasteiger partial charge in [0.25, 0.3) is 0 Å². The molecule has 0 unspecified atom stereocenters. The van der Waals surface area contributed by atoms with E-state index in [0.717, 1.165) is 43.4 Å². The summed E-state index contributed by atoms with van der Waals surface area (Å²) in [6.07, 6.45) is 11.3. The van der Waals surface area contributed by atoms with Crippen LogP contribution in [-0.2, 0) is 23.9 Å². The molecule has 4 fully saturated rings. The number of aliphatic carboxylic acids is 2. The molecule has 2 N–H and O–H groups in total. The number of fused-ring (bicyclic) bond motifs is 5. The van der Waals surface area contributed by atoms with Gasteiger partial charge in [0.15, 0.2) is 0 Å². The van der Waals surface area contributed by atoms with Gasteiger partial charge in [0, 0.05) is 6.42 Å². The molecule has 0 amide bonds. The molecule has 7 heteroatoms. The molecule has 35 heavy (non-hydrogen) atoms. The van der Waals surface area contributed by atoms with Gasteiger partial charge in [-0.05, 0) is 111 Å². The Morgan fingerprint density at radius 1 is 0.886 bits per heavy atom. The predicted octanol–water partition coefficient (Wildman–Crippen LogP) is 5.16. The molecule has 0 spiro atoms. The highest BCUT2D eigenvalue weighted by molar-refractivity contribution is 5.72. The fraction of sp³-hybridized carbons (Fsp3) is 0.893. The third kappa shape index (κ3) is 5.26. The first-order valence-corrected chi connectivity index (χ1v) is 13.8. The Balaban J connectivity index is 1.36. The van der Waals surface area contributed by atoms with E-state index in [1.54, 1.807) is 0 Å². The number of carbonyl (C=O) groups is 3. The number of hydrogen-bond donors (Lipinski definition) is 2. The lowest BCUT2D eigenvalue weighted by atomic mass is 9.44. The van der Waals surface area contributed by atoms with Gasteiger partial charge in [-0.15, -0.1) is 0 Å². The highest BCUT2D eigenvalue weighted by Gasteiger charge is 2.60. The molecule has 7 nitrogen and oxygen atoms in total. The highest BCUT2D eigenvalue weighted by Crippen LogP contribution is 2.68. The molecule has 4 saturated carbocycles. The van der Waals surface area contributed by atoms with Gasteiger partial charge in [-0.2, -0.15) is 0 Å². The Hall–Kier alpha value is -1.63. The molecule has 0 aromatic rings. The van der Waals surface area contributed by atoms with Crippen molar-refractivity contribution in [2.45, 2.75) is 97.5 Å². The summed E-state index contributed by atoms with van der Waals surface area (Å²) < 4.78 is 10.6. The Morgan fingerprint density at radius 3 is 2.31 bits per heavy atom. The minimum absolute atomic E-state index is 0.0923. The van der Waals surface area contributed by atoms with Gasteiger partial charge in [0.05, 0.1) is 0 Å². The van der Waals surface area contributed by atoms with Gasteiger partial charge in [-0.1, -0.05) is 20.8 Å². The van der Waals surface area contributed by atoms with E-state index in [0.29, 0.717) is 28.6 Å². The molecule has 4 rings (SSSR count). The van der Waals surface area contributed by atoms with Crippen LogP contribution in [0.15, 0.2) is 0 Å². The maximum Gasteiger partial charge on any atom is 0.332 e. The van der Waals surface area contributed by atoms with Crippen LogP contribution < -0.4 is 0 Å². The van der Waals surface area contributed by atoms with Crippen molar-refractivity contribution in [2.24, 2.45) is 46.3 Å². The lowest BCUT2D eigenvalue weighted by Gasteiger charge is -2.61. The topological polar surface area (TPSA) is 110 Å². The normalized spacial score (nSPS) is 41.2. The molecule has 0 radical (unpaired) electrons. The number of carbonyl (C=O) groups excluding carboxylic acids is 1. The number of rotatable bonds is 9. The summed E-state index contributed by atoms with van der Waals surface area (Å²) in [5, 5.41) is 17.8. The molecular weight excluding hydrogens is 448 g/mol. The summed E-state index contributed by atoms with van der Waals surface area (Å²) in [6.45, 7) is 6.50. The number of ether oxygens (including phenoxy) is 2. The van der Waals surface area contributed by atoms with Crippen LogP contribution in [0.2, 0.25) is 0 Å². The molecule has 0 aromatic carbocycles. The number of carboxylic acid groups (broad SMARTS) is 2. The third-order valence-electron chi connectivity index (χ3n) is 10.9. The van der Waals surface area contributed by atoms with Gasteiger partial charge in [0.2, 0.25) is 0 Å². The van der Waals surface area contributed by atoms with Crippen LogP contribution in [0.3, 0.4) is 0 Å². The highest BCUT2D eigenvalue weighted by atomic mass is 16.6.